The molecule has 172 valence electrons. The molecule has 1 amide bonds. The van der Waals surface area contributed by atoms with Crippen LogP contribution in [0.15, 0.2) is 47.4 Å². The molecule has 0 saturated carbocycles. The first kappa shape index (κ1) is 24.0. The molecule has 32 heavy (non-hydrogen) atoms. The smallest absolute Gasteiger partial charge is 0.338 e. The van der Waals surface area contributed by atoms with E-state index in [9.17, 15) is 18.0 Å². The highest BCUT2D eigenvalue weighted by Crippen LogP contribution is 2.28. The Bertz CT molecular complexity index is 1100. The van der Waals surface area contributed by atoms with E-state index < -0.39 is 28.5 Å². The Balaban J connectivity index is 1.64. The summed E-state index contributed by atoms with van der Waals surface area (Å²) in [6.07, 6.45) is 1.56. The van der Waals surface area contributed by atoms with Crippen LogP contribution < -0.4 is 10.1 Å². The van der Waals surface area contributed by atoms with Crippen LogP contribution in [0.2, 0.25) is 5.02 Å². The van der Waals surface area contributed by atoms with Gasteiger partial charge in [-0.25, -0.2) is 13.2 Å². The van der Waals surface area contributed by atoms with Gasteiger partial charge in [-0.15, -0.1) is 0 Å². The molecule has 0 radical (unpaired) electrons. The van der Waals surface area contributed by atoms with Crippen molar-refractivity contribution >= 4 is 33.5 Å². The number of amides is 1. The van der Waals surface area contributed by atoms with Crippen molar-refractivity contribution in [3.8, 4) is 5.75 Å². The summed E-state index contributed by atoms with van der Waals surface area (Å²) in [7, 11) is -2.27. The lowest BCUT2D eigenvalue weighted by Crippen LogP contribution is -2.31. The van der Waals surface area contributed by atoms with E-state index >= 15 is 0 Å². The average molecular weight is 481 g/mol. The molecule has 0 spiro atoms. The van der Waals surface area contributed by atoms with E-state index in [-0.39, 0.29) is 21.5 Å². The number of nitrogens with zero attached hydrogens (tertiary/aromatic N) is 1. The van der Waals surface area contributed by atoms with E-state index in [4.69, 9.17) is 21.1 Å². The van der Waals surface area contributed by atoms with Gasteiger partial charge in [0.2, 0.25) is 10.0 Å². The van der Waals surface area contributed by atoms with Crippen LogP contribution in [0.25, 0.3) is 0 Å². The summed E-state index contributed by atoms with van der Waals surface area (Å²) in [6, 6.07) is 10.8. The summed E-state index contributed by atoms with van der Waals surface area (Å²) in [6.45, 7) is 2.09. The van der Waals surface area contributed by atoms with Crippen molar-refractivity contribution in [1.82, 2.24) is 9.62 Å². The van der Waals surface area contributed by atoms with Gasteiger partial charge in [0, 0.05) is 18.7 Å². The minimum Gasteiger partial charge on any atom is -0.496 e. The Kier molecular flexibility index (Phi) is 7.76. The number of benzene rings is 2. The van der Waals surface area contributed by atoms with Crippen LogP contribution in [-0.4, -0.2) is 51.4 Å². The maximum absolute atomic E-state index is 12.8. The molecule has 1 N–H and O–H groups in total. The molecule has 10 heteroatoms. The predicted molar refractivity (Wildman–Crippen MR) is 119 cm³/mol. The molecular weight excluding hydrogens is 456 g/mol. The number of hydrogen-bond acceptors (Lipinski definition) is 6. The zero-order chi connectivity index (χ0) is 23.3. The Morgan fingerprint density at radius 3 is 2.53 bits per heavy atom. The fourth-order valence-electron chi connectivity index (χ4n) is 3.50. The van der Waals surface area contributed by atoms with Crippen molar-refractivity contribution in [3.05, 3.63) is 58.6 Å². The second-order valence-corrected chi connectivity index (χ2v) is 9.68. The lowest BCUT2D eigenvalue weighted by molar-refractivity contribution is -0.124. The molecule has 1 atom stereocenters. The molecule has 1 aliphatic heterocycles. The molecular formula is C22H25ClN2O6S. The summed E-state index contributed by atoms with van der Waals surface area (Å²) >= 11 is 6.10. The fraction of sp³-hybridized carbons (Fsp3) is 0.364. The summed E-state index contributed by atoms with van der Waals surface area (Å²) in [5.74, 6) is -0.694. The van der Waals surface area contributed by atoms with E-state index in [1.807, 2.05) is 18.2 Å². The molecule has 1 unspecified atom stereocenters. The Morgan fingerprint density at radius 1 is 1.16 bits per heavy atom. The zero-order valence-electron chi connectivity index (χ0n) is 17.8. The molecule has 2 aromatic carbocycles. The Morgan fingerprint density at radius 2 is 1.84 bits per heavy atom. The quantitative estimate of drug-likeness (QED) is 0.582. The highest BCUT2D eigenvalue weighted by molar-refractivity contribution is 7.89. The van der Waals surface area contributed by atoms with Crippen molar-refractivity contribution in [2.75, 3.05) is 26.8 Å². The van der Waals surface area contributed by atoms with Gasteiger partial charge in [-0.3, -0.25) is 4.79 Å². The van der Waals surface area contributed by atoms with E-state index in [0.29, 0.717) is 18.8 Å². The molecule has 0 aliphatic carbocycles. The van der Waals surface area contributed by atoms with E-state index in [1.54, 1.807) is 20.1 Å². The van der Waals surface area contributed by atoms with Crippen LogP contribution in [0.3, 0.4) is 0 Å². The van der Waals surface area contributed by atoms with E-state index in [0.717, 1.165) is 18.4 Å². The monoisotopic (exact) mass is 480 g/mol. The van der Waals surface area contributed by atoms with Crippen LogP contribution in [0.1, 0.15) is 41.7 Å². The Hall–Kier alpha value is -2.62. The maximum atomic E-state index is 12.8. The Labute approximate surface area is 192 Å². The van der Waals surface area contributed by atoms with Crippen LogP contribution in [0, 0.1) is 0 Å². The van der Waals surface area contributed by atoms with Gasteiger partial charge >= 0.3 is 5.97 Å². The number of halogens is 1. The number of methoxy groups -OCH3 is 1. The number of nitrogens with one attached hydrogen (secondary N) is 1. The fourth-order valence-corrected chi connectivity index (χ4v) is 5.51. The van der Waals surface area contributed by atoms with Crippen LogP contribution in [0.4, 0.5) is 0 Å². The number of carbonyl (C=O) groups excluding carboxylic acids is 2. The van der Waals surface area contributed by atoms with Crippen molar-refractivity contribution in [1.29, 1.82) is 0 Å². The minimum atomic E-state index is -3.81. The van der Waals surface area contributed by atoms with Gasteiger partial charge in [0.15, 0.2) is 6.61 Å². The van der Waals surface area contributed by atoms with Crippen molar-refractivity contribution < 1.29 is 27.5 Å². The van der Waals surface area contributed by atoms with Crippen LogP contribution in [0.5, 0.6) is 5.75 Å². The third kappa shape index (κ3) is 5.40. The number of esters is 1. The average Bonchev–Trinajstić information content (AvgIpc) is 3.33. The first-order chi connectivity index (χ1) is 15.2. The summed E-state index contributed by atoms with van der Waals surface area (Å²) in [5.41, 5.74) is 0.780. The number of carbonyl (C=O) groups is 2. The number of rotatable bonds is 8. The van der Waals surface area contributed by atoms with Gasteiger partial charge in [-0.05, 0) is 44.0 Å². The SMILES string of the molecule is COc1ccccc1C(C)NC(=O)COC(=O)c1ccc(Cl)c(S(=O)(=O)N2CCCC2)c1. The van der Waals surface area contributed by atoms with Crippen LogP contribution in [-0.2, 0) is 19.6 Å². The van der Waals surface area contributed by atoms with Gasteiger partial charge in [0.05, 0.1) is 23.7 Å². The van der Waals surface area contributed by atoms with Gasteiger partial charge in [-0.2, -0.15) is 4.31 Å². The highest BCUT2D eigenvalue weighted by Gasteiger charge is 2.30. The normalized spacial score (nSPS) is 15.2. The molecule has 1 fully saturated rings. The van der Waals surface area contributed by atoms with Gasteiger partial charge in [-0.1, -0.05) is 29.8 Å². The molecule has 0 bridgehead atoms. The van der Waals surface area contributed by atoms with E-state index in [1.165, 1.54) is 22.5 Å². The lowest BCUT2D eigenvalue weighted by atomic mass is 10.1. The maximum Gasteiger partial charge on any atom is 0.338 e. The van der Waals surface area contributed by atoms with E-state index in [2.05, 4.69) is 5.32 Å². The number of hydrogen-bond donors (Lipinski definition) is 1. The number of para-hydroxylation sites is 1. The van der Waals surface area contributed by atoms with Crippen molar-refractivity contribution in [2.45, 2.75) is 30.7 Å². The summed E-state index contributed by atoms with van der Waals surface area (Å²) < 4.78 is 37.4. The topological polar surface area (TPSA) is 102 Å². The van der Waals surface area contributed by atoms with Crippen LogP contribution >= 0.6 is 11.6 Å². The highest BCUT2D eigenvalue weighted by atomic mass is 35.5. The first-order valence-corrected chi connectivity index (χ1v) is 11.9. The third-order valence-electron chi connectivity index (χ3n) is 5.17. The molecule has 1 saturated heterocycles. The van der Waals surface area contributed by atoms with Gasteiger partial charge < -0.3 is 14.8 Å². The van der Waals surface area contributed by atoms with Crippen molar-refractivity contribution in [3.63, 3.8) is 0 Å². The summed E-state index contributed by atoms with van der Waals surface area (Å²) in [4.78, 5) is 24.6. The van der Waals surface area contributed by atoms with Gasteiger partial charge in [0.25, 0.3) is 5.91 Å². The molecule has 8 nitrogen and oxygen atoms in total. The van der Waals surface area contributed by atoms with Crippen molar-refractivity contribution in [2.24, 2.45) is 0 Å². The third-order valence-corrected chi connectivity index (χ3v) is 7.55. The number of sulfonamides is 1. The molecule has 3 rings (SSSR count). The lowest BCUT2D eigenvalue weighted by Gasteiger charge is -2.18. The molecule has 0 aromatic heterocycles. The standard InChI is InChI=1S/C22H25ClN2O6S/c1-15(17-7-3-4-8-19(17)30-2)24-21(26)14-31-22(27)16-9-10-18(23)20(13-16)32(28,29)25-11-5-6-12-25/h3-4,7-10,13,15H,5-6,11-12,14H2,1-2H3,(H,24,26). The summed E-state index contributed by atoms with van der Waals surface area (Å²) in [5, 5.41) is 2.76. The second-order valence-electron chi connectivity index (χ2n) is 7.36. The minimum absolute atomic E-state index is 0.00208. The number of ether oxygens (including phenoxy) is 2. The van der Waals surface area contributed by atoms with Gasteiger partial charge in [0.1, 0.15) is 10.6 Å². The zero-order valence-corrected chi connectivity index (χ0v) is 19.4. The molecule has 2 aromatic rings. The molecule has 1 heterocycles. The predicted octanol–water partition coefficient (Wildman–Crippen LogP) is 3.17. The largest absolute Gasteiger partial charge is 0.496 e. The molecule has 1 aliphatic rings. The second kappa shape index (κ2) is 10.3. The first-order valence-electron chi connectivity index (χ1n) is 10.1.